The summed E-state index contributed by atoms with van der Waals surface area (Å²) in [4.78, 5) is 16.5. The highest BCUT2D eigenvalue weighted by atomic mass is 32.2. The van der Waals surface area contributed by atoms with Crippen molar-refractivity contribution in [3.8, 4) is 5.95 Å². The third kappa shape index (κ3) is 2.28. The fourth-order valence-electron chi connectivity index (χ4n) is 1.10. The molecule has 0 fully saturated rings. The number of nitrogens with two attached hydrogens (primary N) is 1. The molecule has 16 heavy (non-hydrogen) atoms. The van der Waals surface area contributed by atoms with Crippen LogP contribution in [-0.2, 0) is 0 Å². The van der Waals surface area contributed by atoms with E-state index in [4.69, 9.17) is 5.84 Å². The van der Waals surface area contributed by atoms with Crippen molar-refractivity contribution in [2.45, 2.75) is 12.1 Å². The van der Waals surface area contributed by atoms with Gasteiger partial charge in [0.1, 0.15) is 6.33 Å². The molecule has 0 atom stereocenters. The van der Waals surface area contributed by atoms with Crippen molar-refractivity contribution in [1.29, 1.82) is 0 Å². The zero-order chi connectivity index (χ0) is 11.4. The monoisotopic (exact) mass is 237 g/mol. The van der Waals surface area contributed by atoms with Crippen molar-refractivity contribution in [3.05, 3.63) is 18.7 Å². The van der Waals surface area contributed by atoms with Crippen molar-refractivity contribution < 1.29 is 0 Å². The Kier molecular flexibility index (Phi) is 3.32. The second kappa shape index (κ2) is 4.90. The van der Waals surface area contributed by atoms with Crippen LogP contribution in [0.1, 0.15) is 6.92 Å². The molecule has 0 saturated carbocycles. The van der Waals surface area contributed by atoms with Gasteiger partial charge in [0.25, 0.3) is 0 Å². The Morgan fingerprint density at radius 2 is 2.31 bits per heavy atom. The van der Waals surface area contributed by atoms with Crippen LogP contribution >= 0.6 is 11.8 Å². The van der Waals surface area contributed by atoms with E-state index in [1.54, 1.807) is 23.3 Å². The molecule has 8 heteroatoms. The highest BCUT2D eigenvalue weighted by Gasteiger charge is 2.06. The number of hydrogen-bond acceptors (Lipinski definition) is 7. The van der Waals surface area contributed by atoms with Crippen LogP contribution in [0.5, 0.6) is 0 Å². The minimum atomic E-state index is 0.342. The summed E-state index contributed by atoms with van der Waals surface area (Å²) in [5.41, 5.74) is 2.42. The standard InChI is InChI=1S/C8H11N7S/c1-2-16-8-12-6(14-9)11-7(13-8)15-4-3-10-5-15/h3-5H,2,9H2,1H3,(H,11,12,13,14). The van der Waals surface area contributed by atoms with Crippen molar-refractivity contribution in [3.63, 3.8) is 0 Å². The minimum Gasteiger partial charge on any atom is -0.292 e. The molecule has 3 N–H and O–H groups in total. The highest BCUT2D eigenvalue weighted by molar-refractivity contribution is 7.99. The van der Waals surface area contributed by atoms with Crippen LogP contribution in [0.4, 0.5) is 5.95 Å². The Bertz CT molecular complexity index is 455. The molecule has 2 rings (SSSR count). The average molecular weight is 237 g/mol. The number of anilines is 1. The van der Waals surface area contributed by atoms with Gasteiger partial charge < -0.3 is 0 Å². The molecule has 0 unspecified atom stereocenters. The van der Waals surface area contributed by atoms with E-state index in [9.17, 15) is 0 Å². The van der Waals surface area contributed by atoms with E-state index in [0.29, 0.717) is 17.1 Å². The van der Waals surface area contributed by atoms with E-state index in [1.165, 1.54) is 11.8 Å². The quantitative estimate of drug-likeness (QED) is 0.453. The summed E-state index contributed by atoms with van der Waals surface area (Å²) in [6.07, 6.45) is 5.04. The van der Waals surface area contributed by atoms with Crippen LogP contribution in [0.3, 0.4) is 0 Å². The number of nitrogen functional groups attached to an aromatic ring is 1. The zero-order valence-electron chi connectivity index (χ0n) is 8.66. The molecule has 2 aromatic rings. The lowest BCUT2D eigenvalue weighted by molar-refractivity contribution is 0.825. The molecule has 84 valence electrons. The summed E-state index contributed by atoms with van der Waals surface area (Å²) in [5.74, 6) is 7.03. The lowest BCUT2D eigenvalue weighted by Crippen LogP contribution is -2.13. The van der Waals surface area contributed by atoms with Gasteiger partial charge >= 0.3 is 0 Å². The molecule has 0 radical (unpaired) electrons. The first-order chi connectivity index (χ1) is 7.83. The fourth-order valence-corrected chi connectivity index (χ4v) is 1.65. The maximum atomic E-state index is 5.30. The molecule has 7 nitrogen and oxygen atoms in total. The molecule has 2 heterocycles. The van der Waals surface area contributed by atoms with E-state index in [1.807, 2.05) is 6.92 Å². The first-order valence-electron chi connectivity index (χ1n) is 4.67. The Balaban J connectivity index is 2.41. The number of hydrogen-bond donors (Lipinski definition) is 2. The molecule has 0 amide bonds. The first-order valence-corrected chi connectivity index (χ1v) is 5.66. The third-order valence-corrected chi connectivity index (χ3v) is 2.47. The Labute approximate surface area is 96.5 Å². The normalized spacial score (nSPS) is 10.4. The molecule has 0 saturated heterocycles. The number of hydrazine groups is 1. The average Bonchev–Trinajstić information content (AvgIpc) is 2.82. The lowest BCUT2D eigenvalue weighted by Gasteiger charge is -2.05. The first kappa shape index (κ1) is 10.8. The van der Waals surface area contributed by atoms with Gasteiger partial charge in [-0.1, -0.05) is 18.7 Å². The number of nitrogens with zero attached hydrogens (tertiary/aromatic N) is 5. The van der Waals surface area contributed by atoms with Gasteiger partial charge in [0.2, 0.25) is 11.9 Å². The Hall–Kier alpha value is -1.67. The molecular weight excluding hydrogens is 226 g/mol. The molecule has 0 aliphatic carbocycles. The predicted molar refractivity (Wildman–Crippen MR) is 61.2 cm³/mol. The van der Waals surface area contributed by atoms with E-state index in [-0.39, 0.29) is 0 Å². The molecular formula is C8H11N7S. The second-order valence-corrected chi connectivity index (χ2v) is 4.02. The fraction of sp³-hybridized carbons (Fsp3) is 0.250. The van der Waals surface area contributed by atoms with Crippen LogP contribution in [-0.4, -0.2) is 30.3 Å². The SMILES string of the molecule is CCSc1nc(NN)nc(-n2ccnc2)n1. The number of aromatic nitrogens is 5. The van der Waals surface area contributed by atoms with Crippen molar-refractivity contribution in [1.82, 2.24) is 24.5 Å². The summed E-state index contributed by atoms with van der Waals surface area (Å²) in [7, 11) is 0. The Morgan fingerprint density at radius 1 is 1.44 bits per heavy atom. The number of imidazole rings is 1. The smallest absolute Gasteiger partial charge is 0.242 e. The predicted octanol–water partition coefficient (Wildman–Crippen LogP) is 0.455. The molecule has 0 bridgehead atoms. The van der Waals surface area contributed by atoms with Crippen molar-refractivity contribution in [2.75, 3.05) is 11.2 Å². The van der Waals surface area contributed by atoms with Gasteiger partial charge in [-0.25, -0.2) is 10.8 Å². The van der Waals surface area contributed by atoms with Crippen LogP contribution in [0.25, 0.3) is 5.95 Å². The minimum absolute atomic E-state index is 0.342. The molecule has 0 aromatic carbocycles. The van der Waals surface area contributed by atoms with Gasteiger partial charge in [-0.2, -0.15) is 15.0 Å². The molecule has 0 spiro atoms. The van der Waals surface area contributed by atoms with Crippen LogP contribution in [0, 0.1) is 0 Å². The number of thioether (sulfide) groups is 1. The van der Waals surface area contributed by atoms with Crippen molar-refractivity contribution >= 4 is 17.7 Å². The van der Waals surface area contributed by atoms with Gasteiger partial charge in [0.05, 0.1) is 0 Å². The largest absolute Gasteiger partial charge is 0.292 e. The van der Waals surface area contributed by atoms with Crippen LogP contribution in [0.15, 0.2) is 23.9 Å². The second-order valence-electron chi connectivity index (χ2n) is 2.79. The summed E-state index contributed by atoms with van der Waals surface area (Å²) in [6, 6.07) is 0. The maximum Gasteiger partial charge on any atom is 0.242 e. The topological polar surface area (TPSA) is 94.5 Å². The number of rotatable bonds is 4. The lowest BCUT2D eigenvalue weighted by atomic mass is 10.8. The molecule has 2 aromatic heterocycles. The van der Waals surface area contributed by atoms with Gasteiger partial charge in [-0.05, 0) is 5.75 Å². The molecule has 0 aliphatic heterocycles. The molecule has 0 aliphatic rings. The van der Waals surface area contributed by atoms with Gasteiger partial charge in [0.15, 0.2) is 5.16 Å². The van der Waals surface area contributed by atoms with Crippen LogP contribution in [0.2, 0.25) is 0 Å². The van der Waals surface area contributed by atoms with Gasteiger partial charge in [-0.3, -0.25) is 9.99 Å². The highest BCUT2D eigenvalue weighted by Crippen LogP contribution is 2.14. The van der Waals surface area contributed by atoms with Crippen molar-refractivity contribution in [2.24, 2.45) is 5.84 Å². The maximum absolute atomic E-state index is 5.30. The van der Waals surface area contributed by atoms with E-state index >= 15 is 0 Å². The Morgan fingerprint density at radius 3 is 2.94 bits per heavy atom. The van der Waals surface area contributed by atoms with Gasteiger partial charge in [-0.15, -0.1) is 0 Å². The third-order valence-electron chi connectivity index (χ3n) is 1.74. The summed E-state index contributed by atoms with van der Waals surface area (Å²) in [6.45, 7) is 2.03. The summed E-state index contributed by atoms with van der Waals surface area (Å²) >= 11 is 1.52. The van der Waals surface area contributed by atoms with Crippen LogP contribution < -0.4 is 11.3 Å². The zero-order valence-corrected chi connectivity index (χ0v) is 9.48. The summed E-state index contributed by atoms with van der Waals surface area (Å²) in [5, 5.41) is 0.633. The van der Waals surface area contributed by atoms with Gasteiger partial charge in [0, 0.05) is 12.4 Å². The van der Waals surface area contributed by atoms with E-state index < -0.39 is 0 Å². The van der Waals surface area contributed by atoms with E-state index in [2.05, 4.69) is 25.4 Å². The number of nitrogens with one attached hydrogen (secondary N) is 1. The summed E-state index contributed by atoms with van der Waals surface area (Å²) < 4.78 is 1.70. The van der Waals surface area contributed by atoms with E-state index in [0.717, 1.165) is 5.75 Å².